The van der Waals surface area contributed by atoms with Crippen LogP contribution in [0.15, 0.2) is 73.1 Å². The van der Waals surface area contributed by atoms with E-state index in [-0.39, 0.29) is 24.1 Å². The molecule has 154 valence electrons. The zero-order valence-electron chi connectivity index (χ0n) is 17.2. The number of anilines is 1. The normalized spacial score (nSPS) is 10.6. The maximum Gasteiger partial charge on any atom is 0.258 e. The second kappa shape index (κ2) is 8.71. The number of benzene rings is 2. The number of pyridine rings is 1. The Hall–Kier alpha value is -4.13. The van der Waals surface area contributed by atoms with Gasteiger partial charge in [0.05, 0.1) is 12.1 Å². The summed E-state index contributed by atoms with van der Waals surface area (Å²) >= 11 is 0. The van der Waals surface area contributed by atoms with Crippen molar-refractivity contribution in [3.05, 3.63) is 101 Å². The molecule has 1 N–H and O–H groups in total. The molecule has 0 atom stereocenters. The van der Waals surface area contributed by atoms with Gasteiger partial charge in [0.15, 0.2) is 11.6 Å². The fourth-order valence-corrected chi connectivity index (χ4v) is 3.30. The van der Waals surface area contributed by atoms with Crippen molar-refractivity contribution in [1.29, 1.82) is 0 Å². The van der Waals surface area contributed by atoms with Gasteiger partial charge in [-0.2, -0.15) is 9.67 Å². The molecule has 2 aromatic heterocycles. The topological polar surface area (TPSA) is 89.8 Å². The number of carbonyl (C=O) groups is 2. The zero-order valence-corrected chi connectivity index (χ0v) is 17.2. The average Bonchev–Trinajstić information content (AvgIpc) is 3.16. The van der Waals surface area contributed by atoms with Crippen LogP contribution in [0.3, 0.4) is 0 Å². The number of nitrogens with zero attached hydrogens (tertiary/aromatic N) is 4. The molecule has 2 heterocycles. The summed E-state index contributed by atoms with van der Waals surface area (Å²) in [6, 6.07) is 18.2. The molecule has 7 nitrogen and oxygen atoms in total. The van der Waals surface area contributed by atoms with Gasteiger partial charge in [0.2, 0.25) is 5.95 Å². The van der Waals surface area contributed by atoms with Crippen LogP contribution in [0, 0.1) is 13.8 Å². The van der Waals surface area contributed by atoms with Crippen LogP contribution in [-0.4, -0.2) is 31.4 Å². The quantitative estimate of drug-likeness (QED) is 0.485. The molecule has 7 heteroatoms. The number of ketones is 1. The Kier molecular flexibility index (Phi) is 5.66. The number of hydrogen-bond acceptors (Lipinski definition) is 5. The summed E-state index contributed by atoms with van der Waals surface area (Å²) in [5.41, 5.74) is 3.61. The molecule has 2 aromatic carbocycles. The molecule has 0 bridgehead atoms. The van der Waals surface area contributed by atoms with E-state index in [4.69, 9.17) is 0 Å². The van der Waals surface area contributed by atoms with Gasteiger partial charge in [-0.25, -0.2) is 0 Å². The molecule has 4 rings (SSSR count). The summed E-state index contributed by atoms with van der Waals surface area (Å²) < 4.78 is 1.51. The predicted molar refractivity (Wildman–Crippen MR) is 117 cm³/mol. The highest BCUT2D eigenvalue weighted by Gasteiger charge is 2.19. The van der Waals surface area contributed by atoms with E-state index in [1.54, 1.807) is 36.7 Å². The van der Waals surface area contributed by atoms with Crippen molar-refractivity contribution in [2.75, 3.05) is 5.32 Å². The van der Waals surface area contributed by atoms with Crippen molar-refractivity contribution in [1.82, 2.24) is 19.7 Å². The minimum Gasteiger partial charge on any atom is -0.294 e. The fourth-order valence-electron chi connectivity index (χ4n) is 3.30. The molecule has 4 aromatic rings. The van der Waals surface area contributed by atoms with Crippen LogP contribution in [0.25, 0.3) is 5.69 Å². The molecule has 0 fully saturated rings. The van der Waals surface area contributed by atoms with Gasteiger partial charge in [-0.05, 0) is 43.2 Å². The van der Waals surface area contributed by atoms with Crippen molar-refractivity contribution in [3.63, 3.8) is 0 Å². The summed E-state index contributed by atoms with van der Waals surface area (Å²) in [5.74, 6) is 0.191. The summed E-state index contributed by atoms with van der Waals surface area (Å²) in [7, 11) is 0. The van der Waals surface area contributed by atoms with Crippen LogP contribution in [0.4, 0.5) is 5.95 Å². The smallest absolute Gasteiger partial charge is 0.258 e. The minimum atomic E-state index is -0.294. The number of nitrogens with one attached hydrogen (secondary N) is 1. The van der Waals surface area contributed by atoms with Crippen molar-refractivity contribution in [2.45, 2.75) is 20.3 Å². The van der Waals surface area contributed by atoms with E-state index in [0.29, 0.717) is 22.6 Å². The van der Waals surface area contributed by atoms with Gasteiger partial charge in [0.1, 0.15) is 0 Å². The first-order valence-electron chi connectivity index (χ1n) is 9.85. The number of hydrogen-bond donors (Lipinski definition) is 1. The molecule has 0 saturated heterocycles. The lowest BCUT2D eigenvalue weighted by Gasteiger charge is -2.08. The maximum absolute atomic E-state index is 12.8. The van der Waals surface area contributed by atoms with Gasteiger partial charge in [-0.1, -0.05) is 42.5 Å². The highest BCUT2D eigenvalue weighted by atomic mass is 16.2. The Morgan fingerprint density at radius 2 is 1.48 bits per heavy atom. The molecule has 0 unspecified atom stereocenters. The lowest BCUT2D eigenvalue weighted by Crippen LogP contribution is -2.17. The Labute approximate surface area is 179 Å². The molecule has 0 spiro atoms. The van der Waals surface area contributed by atoms with Gasteiger partial charge < -0.3 is 0 Å². The van der Waals surface area contributed by atoms with E-state index in [1.165, 1.54) is 4.68 Å². The standard InChI is InChI=1S/C24H21N5O2/c1-16-7-3-5-9-19(16)21(30)15-22-26-24(29(28-22)18-11-13-25-14-12-18)27-23(31)20-10-6-4-8-17(20)2/h3-14H,15H2,1-2H3,(H,26,27,28,31). The SMILES string of the molecule is Cc1ccccc1C(=O)Cc1nc(NC(=O)c2ccccc2C)n(-c2ccncc2)n1. The van der Waals surface area contributed by atoms with Crippen molar-refractivity contribution >= 4 is 17.6 Å². The highest BCUT2D eigenvalue weighted by molar-refractivity contribution is 6.04. The van der Waals surface area contributed by atoms with Crippen molar-refractivity contribution in [3.8, 4) is 5.69 Å². The first kappa shape index (κ1) is 20.2. The molecule has 0 aliphatic rings. The third-order valence-corrected chi connectivity index (χ3v) is 4.94. The number of amides is 1. The largest absolute Gasteiger partial charge is 0.294 e. The summed E-state index contributed by atoms with van der Waals surface area (Å²) in [6.07, 6.45) is 3.28. The van der Waals surface area contributed by atoms with Gasteiger partial charge in [0, 0.05) is 23.5 Å². The summed E-state index contributed by atoms with van der Waals surface area (Å²) in [4.78, 5) is 34.1. The van der Waals surface area contributed by atoms with Crippen molar-refractivity contribution in [2.24, 2.45) is 0 Å². The Morgan fingerprint density at radius 3 is 2.13 bits per heavy atom. The zero-order chi connectivity index (χ0) is 21.8. The van der Waals surface area contributed by atoms with Crippen molar-refractivity contribution < 1.29 is 9.59 Å². The lowest BCUT2D eigenvalue weighted by molar-refractivity contribution is 0.0988. The minimum absolute atomic E-state index is 0.0240. The summed E-state index contributed by atoms with van der Waals surface area (Å²) in [5, 5.41) is 7.32. The second-order valence-corrected chi connectivity index (χ2v) is 7.15. The lowest BCUT2D eigenvalue weighted by atomic mass is 10.0. The van der Waals surface area contributed by atoms with Crippen LogP contribution in [0.1, 0.15) is 37.7 Å². The number of aryl methyl sites for hydroxylation is 2. The average molecular weight is 411 g/mol. The third-order valence-electron chi connectivity index (χ3n) is 4.94. The third kappa shape index (κ3) is 4.40. The van der Waals surface area contributed by atoms with Gasteiger partial charge in [-0.15, -0.1) is 5.10 Å². The number of rotatable bonds is 6. The predicted octanol–water partition coefficient (Wildman–Crippen LogP) is 3.96. The molecule has 0 radical (unpaired) electrons. The van der Waals surface area contributed by atoms with E-state index in [0.717, 1.165) is 11.1 Å². The second-order valence-electron chi connectivity index (χ2n) is 7.15. The molecule has 0 saturated carbocycles. The van der Waals surface area contributed by atoms with E-state index in [2.05, 4.69) is 20.4 Å². The molecule has 31 heavy (non-hydrogen) atoms. The Morgan fingerprint density at radius 1 is 0.871 bits per heavy atom. The molecular formula is C24H21N5O2. The Bertz CT molecular complexity index is 1250. The van der Waals surface area contributed by atoms with Crippen LogP contribution >= 0.6 is 0 Å². The van der Waals surface area contributed by atoms with Crippen LogP contribution in [-0.2, 0) is 6.42 Å². The van der Waals surface area contributed by atoms with E-state index < -0.39 is 0 Å². The van der Waals surface area contributed by atoms with Gasteiger partial charge >= 0.3 is 0 Å². The maximum atomic E-state index is 12.8. The first-order chi connectivity index (χ1) is 15.0. The fraction of sp³-hybridized carbons (Fsp3) is 0.125. The molecule has 0 aliphatic carbocycles. The van der Waals surface area contributed by atoms with Crippen LogP contribution in [0.5, 0.6) is 0 Å². The van der Waals surface area contributed by atoms with Crippen LogP contribution < -0.4 is 5.32 Å². The van der Waals surface area contributed by atoms with Gasteiger partial charge in [0.25, 0.3) is 5.91 Å². The molecular weight excluding hydrogens is 390 g/mol. The number of carbonyl (C=O) groups excluding carboxylic acids is 2. The monoisotopic (exact) mass is 411 g/mol. The van der Waals surface area contributed by atoms with E-state index >= 15 is 0 Å². The van der Waals surface area contributed by atoms with E-state index in [1.807, 2.05) is 50.2 Å². The molecule has 1 amide bonds. The Balaban J connectivity index is 1.66. The summed E-state index contributed by atoms with van der Waals surface area (Å²) in [6.45, 7) is 3.76. The highest BCUT2D eigenvalue weighted by Crippen LogP contribution is 2.17. The van der Waals surface area contributed by atoms with Gasteiger partial charge in [-0.3, -0.25) is 19.9 Å². The van der Waals surface area contributed by atoms with Crippen LogP contribution in [0.2, 0.25) is 0 Å². The number of Topliss-reactive ketones (excluding diaryl/α,β-unsaturated/α-hetero) is 1. The first-order valence-corrected chi connectivity index (χ1v) is 9.85. The number of aromatic nitrogens is 4. The molecule has 0 aliphatic heterocycles. The van der Waals surface area contributed by atoms with E-state index in [9.17, 15) is 9.59 Å².